The fourth-order valence-electron chi connectivity index (χ4n) is 8.25. The average molecular weight is 685 g/mol. The summed E-state index contributed by atoms with van der Waals surface area (Å²) in [4.78, 5) is 40.2. The minimum Gasteiger partial charge on any atom is -0.496 e. The van der Waals surface area contributed by atoms with E-state index in [2.05, 4.69) is 22.8 Å². The number of hydrogen-bond donors (Lipinski definition) is 2. The molecule has 7 rings (SSSR count). The Morgan fingerprint density at radius 1 is 0.920 bits per heavy atom. The van der Waals surface area contributed by atoms with Crippen molar-refractivity contribution >= 4 is 28.6 Å². The van der Waals surface area contributed by atoms with Crippen LogP contribution in [-0.4, -0.2) is 56.3 Å². The fourth-order valence-corrected chi connectivity index (χ4v) is 8.25. The standard InChI is InChI=1S/C40H45FN2O7/c1-47-33-21-32(41)34(50-29-15-13-25(14-16-29)39(46)49-22-28-9-5-8-24-7-3-4-10-30(24)28)20-31(33)37(44)43-36-27-12-11-26(19-27)35(36)38(45)42-23-40(48-2)17-6-18-40/h3-5,7-12,20-21,25-27,29,35-36H,6,13-19,22-23H2,1-2H3,(H,42,45)(H,43,44). The molecule has 3 saturated carbocycles. The number of amides is 2. The summed E-state index contributed by atoms with van der Waals surface area (Å²) in [5.41, 5.74) is 0.789. The number of hydrogen-bond acceptors (Lipinski definition) is 7. The summed E-state index contributed by atoms with van der Waals surface area (Å²) >= 11 is 0. The minimum atomic E-state index is -0.641. The molecule has 0 spiro atoms. The molecular formula is C40H45FN2O7. The number of nitrogens with one attached hydrogen (secondary N) is 2. The van der Waals surface area contributed by atoms with E-state index in [0.29, 0.717) is 32.2 Å². The molecule has 2 amide bonds. The Hall–Kier alpha value is -4.44. The molecule has 4 atom stereocenters. The largest absolute Gasteiger partial charge is 0.496 e. The third-order valence-corrected chi connectivity index (χ3v) is 11.4. The summed E-state index contributed by atoms with van der Waals surface area (Å²) < 4.78 is 38.2. The van der Waals surface area contributed by atoms with Gasteiger partial charge in [-0.25, -0.2) is 4.39 Å². The van der Waals surface area contributed by atoms with E-state index in [1.165, 1.54) is 13.2 Å². The van der Waals surface area contributed by atoms with Gasteiger partial charge in [-0.05, 0) is 85.6 Å². The molecule has 9 nitrogen and oxygen atoms in total. The first kappa shape index (κ1) is 34.0. The second kappa shape index (κ2) is 14.4. The molecule has 10 heteroatoms. The average Bonchev–Trinajstić information content (AvgIpc) is 3.73. The highest BCUT2D eigenvalue weighted by atomic mass is 19.1. The molecule has 2 bridgehead atoms. The number of fused-ring (bicyclic) bond motifs is 3. The van der Waals surface area contributed by atoms with Gasteiger partial charge in [0, 0.05) is 25.8 Å². The van der Waals surface area contributed by atoms with Crippen LogP contribution in [0.15, 0.2) is 66.7 Å². The Bertz CT molecular complexity index is 1770. The van der Waals surface area contributed by atoms with E-state index in [9.17, 15) is 14.4 Å². The zero-order valence-electron chi connectivity index (χ0n) is 28.6. The topological polar surface area (TPSA) is 112 Å². The van der Waals surface area contributed by atoms with E-state index >= 15 is 4.39 Å². The molecular weight excluding hydrogens is 639 g/mol. The monoisotopic (exact) mass is 684 g/mol. The van der Waals surface area contributed by atoms with Crippen LogP contribution < -0.4 is 20.1 Å². The lowest BCUT2D eigenvalue weighted by atomic mass is 9.79. The van der Waals surface area contributed by atoms with E-state index in [1.54, 1.807) is 7.11 Å². The minimum absolute atomic E-state index is 0.0239. The second-order valence-corrected chi connectivity index (χ2v) is 14.3. The van der Waals surface area contributed by atoms with Crippen molar-refractivity contribution in [2.24, 2.45) is 23.7 Å². The lowest BCUT2D eigenvalue weighted by Crippen LogP contribution is -2.54. The van der Waals surface area contributed by atoms with Gasteiger partial charge < -0.3 is 29.6 Å². The highest BCUT2D eigenvalue weighted by Crippen LogP contribution is 2.44. The van der Waals surface area contributed by atoms with Crippen LogP contribution in [0.3, 0.4) is 0 Å². The van der Waals surface area contributed by atoms with Crippen LogP contribution in [0.25, 0.3) is 10.8 Å². The Kier molecular flexibility index (Phi) is 9.82. The summed E-state index contributed by atoms with van der Waals surface area (Å²) in [5, 5.41) is 8.33. The normalized spacial score (nSPS) is 26.2. The van der Waals surface area contributed by atoms with Gasteiger partial charge in [0.15, 0.2) is 11.6 Å². The molecule has 0 radical (unpaired) electrons. The third-order valence-electron chi connectivity index (χ3n) is 11.4. The van der Waals surface area contributed by atoms with Crippen molar-refractivity contribution in [3.63, 3.8) is 0 Å². The van der Waals surface area contributed by atoms with Gasteiger partial charge in [-0.3, -0.25) is 14.4 Å². The van der Waals surface area contributed by atoms with Gasteiger partial charge in [0.25, 0.3) is 5.91 Å². The predicted octanol–water partition coefficient (Wildman–Crippen LogP) is 6.27. The van der Waals surface area contributed by atoms with Crippen molar-refractivity contribution in [2.75, 3.05) is 20.8 Å². The van der Waals surface area contributed by atoms with Crippen LogP contribution in [0, 0.1) is 29.5 Å². The lowest BCUT2D eigenvalue weighted by Gasteiger charge is -2.41. The maximum Gasteiger partial charge on any atom is 0.309 e. The Morgan fingerprint density at radius 3 is 2.42 bits per heavy atom. The van der Waals surface area contributed by atoms with Gasteiger partial charge >= 0.3 is 5.97 Å². The lowest BCUT2D eigenvalue weighted by molar-refractivity contribution is -0.151. The van der Waals surface area contributed by atoms with Gasteiger partial charge in [0.05, 0.1) is 36.2 Å². The molecule has 264 valence electrons. The maximum atomic E-state index is 15.3. The SMILES string of the molecule is COc1cc(F)c(OC2CCC(C(=O)OCc3cccc4ccccc34)CC2)cc1C(=O)NC1C2C=CC(C2)C1C(=O)NCC1(OC)CCC1. The van der Waals surface area contributed by atoms with E-state index in [-0.39, 0.29) is 65.0 Å². The molecule has 0 aromatic heterocycles. The molecule has 3 aromatic carbocycles. The maximum absolute atomic E-state index is 15.3. The number of carbonyl (C=O) groups excluding carboxylic acids is 3. The molecule has 50 heavy (non-hydrogen) atoms. The van der Waals surface area contributed by atoms with Gasteiger partial charge in [0.1, 0.15) is 12.4 Å². The Labute approximate surface area is 291 Å². The molecule has 3 fully saturated rings. The van der Waals surface area contributed by atoms with Crippen molar-refractivity contribution in [3.8, 4) is 11.5 Å². The van der Waals surface area contributed by atoms with Gasteiger partial charge in [0.2, 0.25) is 5.91 Å². The summed E-state index contributed by atoms with van der Waals surface area (Å²) in [6.45, 7) is 0.651. The fraction of sp³-hybridized carbons (Fsp3) is 0.475. The van der Waals surface area contributed by atoms with E-state index in [4.69, 9.17) is 18.9 Å². The van der Waals surface area contributed by atoms with E-state index in [1.807, 2.05) is 42.5 Å². The number of benzene rings is 3. The third kappa shape index (κ3) is 6.82. The highest BCUT2D eigenvalue weighted by Gasteiger charge is 2.49. The number of methoxy groups -OCH3 is 2. The summed E-state index contributed by atoms with van der Waals surface area (Å²) in [7, 11) is 3.06. The number of allylic oxidation sites excluding steroid dienone is 1. The molecule has 0 saturated heterocycles. The first-order valence-corrected chi connectivity index (χ1v) is 17.8. The summed E-state index contributed by atoms with van der Waals surface area (Å²) in [6.07, 6.45) is 9.68. The van der Waals surface area contributed by atoms with Crippen LogP contribution in [0.2, 0.25) is 0 Å². The van der Waals surface area contributed by atoms with Crippen LogP contribution in [-0.2, 0) is 25.7 Å². The summed E-state index contributed by atoms with van der Waals surface area (Å²) in [5.74, 6) is -2.03. The molecule has 4 aliphatic carbocycles. The molecule has 0 heterocycles. The van der Waals surface area contributed by atoms with Crippen molar-refractivity contribution < 1.29 is 37.7 Å². The molecule has 0 aliphatic heterocycles. The van der Waals surface area contributed by atoms with Crippen molar-refractivity contribution in [2.45, 2.75) is 75.7 Å². The first-order valence-electron chi connectivity index (χ1n) is 17.8. The van der Waals surface area contributed by atoms with E-state index < -0.39 is 23.7 Å². The number of halogens is 1. The molecule has 4 unspecified atom stereocenters. The molecule has 3 aromatic rings. The first-order chi connectivity index (χ1) is 24.3. The van der Waals surface area contributed by atoms with Gasteiger partial charge in [-0.2, -0.15) is 0 Å². The zero-order valence-corrected chi connectivity index (χ0v) is 28.6. The quantitative estimate of drug-likeness (QED) is 0.171. The van der Waals surface area contributed by atoms with Crippen molar-refractivity contribution in [1.29, 1.82) is 0 Å². The number of esters is 1. The number of ether oxygens (including phenoxy) is 4. The number of rotatable bonds is 12. The molecule has 4 aliphatic rings. The van der Waals surface area contributed by atoms with E-state index in [0.717, 1.165) is 48.1 Å². The Balaban J connectivity index is 0.960. The van der Waals surface area contributed by atoms with Crippen LogP contribution in [0.1, 0.15) is 67.3 Å². The zero-order chi connectivity index (χ0) is 34.8. The Morgan fingerprint density at radius 2 is 1.68 bits per heavy atom. The summed E-state index contributed by atoms with van der Waals surface area (Å²) in [6, 6.07) is 16.1. The molecule has 2 N–H and O–H groups in total. The van der Waals surface area contributed by atoms with Crippen molar-refractivity contribution in [1.82, 2.24) is 10.6 Å². The number of carbonyl (C=O) groups is 3. The second-order valence-electron chi connectivity index (χ2n) is 14.3. The predicted molar refractivity (Wildman–Crippen MR) is 185 cm³/mol. The van der Waals surface area contributed by atoms with Crippen LogP contribution in [0.5, 0.6) is 11.5 Å². The smallest absolute Gasteiger partial charge is 0.309 e. The highest BCUT2D eigenvalue weighted by molar-refractivity contribution is 5.98. The van der Waals surface area contributed by atoms with Gasteiger partial charge in [-0.15, -0.1) is 0 Å². The van der Waals surface area contributed by atoms with Crippen LogP contribution in [0.4, 0.5) is 4.39 Å². The van der Waals surface area contributed by atoms with Crippen molar-refractivity contribution in [3.05, 3.63) is 83.7 Å². The van der Waals surface area contributed by atoms with Crippen LogP contribution >= 0.6 is 0 Å². The van der Waals surface area contributed by atoms with Gasteiger partial charge in [-0.1, -0.05) is 54.6 Å².